The van der Waals surface area contributed by atoms with Crippen molar-refractivity contribution in [3.63, 3.8) is 0 Å². The van der Waals surface area contributed by atoms with Crippen molar-refractivity contribution in [3.8, 4) is 0 Å². The molecule has 17 heavy (non-hydrogen) atoms. The number of nitrogens with zero attached hydrogens (tertiary/aromatic N) is 2. The molecule has 2 N–H and O–H groups in total. The van der Waals surface area contributed by atoms with Crippen LogP contribution >= 0.6 is 0 Å². The summed E-state index contributed by atoms with van der Waals surface area (Å²) >= 11 is 0. The van der Waals surface area contributed by atoms with E-state index in [9.17, 15) is 5.11 Å². The van der Waals surface area contributed by atoms with Gasteiger partial charge in [-0.25, -0.2) is 0 Å². The molecular formula is C11H17N3O3. The Labute approximate surface area is 99.3 Å². The maximum Gasteiger partial charge on any atom is 0.260 e. The summed E-state index contributed by atoms with van der Waals surface area (Å²) in [5.41, 5.74) is -1.47. The van der Waals surface area contributed by atoms with E-state index in [0.29, 0.717) is 24.7 Å². The third-order valence-electron chi connectivity index (χ3n) is 3.65. The molecule has 2 aliphatic rings. The van der Waals surface area contributed by atoms with Crippen molar-refractivity contribution in [2.24, 2.45) is 0 Å². The molecule has 1 aromatic heterocycles. The monoisotopic (exact) mass is 239 g/mol. The average molecular weight is 239 g/mol. The number of aromatic nitrogens is 2. The lowest BCUT2D eigenvalue weighted by atomic mass is 10.0. The van der Waals surface area contributed by atoms with Gasteiger partial charge in [-0.1, -0.05) is 5.16 Å². The summed E-state index contributed by atoms with van der Waals surface area (Å²) in [6.45, 7) is 3.92. The van der Waals surface area contributed by atoms with Crippen LogP contribution in [0.4, 0.5) is 0 Å². The minimum atomic E-state index is -1.01. The third-order valence-corrected chi connectivity index (χ3v) is 3.65. The highest BCUT2D eigenvalue weighted by molar-refractivity contribution is 5.08. The zero-order valence-electron chi connectivity index (χ0n) is 9.90. The van der Waals surface area contributed by atoms with Gasteiger partial charge in [-0.2, -0.15) is 4.98 Å². The van der Waals surface area contributed by atoms with Gasteiger partial charge in [-0.3, -0.25) is 0 Å². The maximum absolute atomic E-state index is 10.3. The Bertz CT molecular complexity index is 369. The highest BCUT2D eigenvalue weighted by Crippen LogP contribution is 2.35. The van der Waals surface area contributed by atoms with Gasteiger partial charge in [0.05, 0.1) is 0 Å². The Morgan fingerprint density at radius 2 is 2.29 bits per heavy atom. The molecule has 2 unspecified atom stereocenters. The van der Waals surface area contributed by atoms with Crippen LogP contribution in [0.2, 0.25) is 0 Å². The number of nitrogens with one attached hydrogen (secondary N) is 1. The predicted octanol–water partition coefficient (Wildman–Crippen LogP) is 0.276. The van der Waals surface area contributed by atoms with Crippen molar-refractivity contribution in [2.45, 2.75) is 37.4 Å². The highest BCUT2D eigenvalue weighted by atomic mass is 16.5. The lowest BCUT2D eigenvalue weighted by molar-refractivity contribution is 0.00762. The summed E-state index contributed by atoms with van der Waals surface area (Å²) in [6, 6.07) is 0. The van der Waals surface area contributed by atoms with E-state index in [4.69, 9.17) is 9.26 Å². The first-order valence-corrected chi connectivity index (χ1v) is 6.04. The molecule has 0 radical (unpaired) electrons. The number of β-amino-alcohol motifs (C(OH)–C–C–N with tert-alkyl or cyclic N) is 1. The Kier molecular flexibility index (Phi) is 2.46. The minimum absolute atomic E-state index is 0.300. The fourth-order valence-corrected chi connectivity index (χ4v) is 2.44. The van der Waals surface area contributed by atoms with E-state index < -0.39 is 11.2 Å². The zero-order valence-corrected chi connectivity index (χ0v) is 9.90. The second-order valence-electron chi connectivity index (χ2n) is 5.06. The first-order chi connectivity index (χ1) is 8.12. The van der Waals surface area contributed by atoms with E-state index in [1.807, 2.05) is 6.92 Å². The normalized spacial score (nSPS) is 37.8. The van der Waals surface area contributed by atoms with E-state index in [1.54, 1.807) is 0 Å². The lowest BCUT2D eigenvalue weighted by Gasteiger charge is -2.18. The van der Waals surface area contributed by atoms with Crippen LogP contribution in [0.1, 0.15) is 37.9 Å². The molecule has 0 bridgehead atoms. The zero-order chi connectivity index (χ0) is 11.9. The predicted molar refractivity (Wildman–Crippen MR) is 58.2 cm³/mol. The van der Waals surface area contributed by atoms with Gasteiger partial charge in [0.25, 0.3) is 5.89 Å². The van der Waals surface area contributed by atoms with Crippen LogP contribution in [-0.4, -0.2) is 34.9 Å². The van der Waals surface area contributed by atoms with Gasteiger partial charge in [-0.15, -0.1) is 0 Å². The Balaban J connectivity index is 1.87. The molecular weight excluding hydrogens is 222 g/mol. The van der Waals surface area contributed by atoms with Crippen LogP contribution in [0.5, 0.6) is 0 Å². The number of ether oxygens (including phenoxy) is 1. The van der Waals surface area contributed by atoms with Gasteiger partial charge in [0.1, 0.15) is 5.60 Å². The lowest BCUT2D eigenvalue weighted by Crippen LogP contribution is -2.29. The summed E-state index contributed by atoms with van der Waals surface area (Å²) < 4.78 is 10.9. The van der Waals surface area contributed by atoms with E-state index in [0.717, 1.165) is 26.0 Å². The summed E-state index contributed by atoms with van der Waals surface area (Å²) in [5.74, 6) is 0.847. The molecule has 2 fully saturated rings. The largest absolute Gasteiger partial charge is 0.379 e. The van der Waals surface area contributed by atoms with Crippen LogP contribution in [0.15, 0.2) is 4.52 Å². The van der Waals surface area contributed by atoms with Gasteiger partial charge in [0.15, 0.2) is 5.60 Å². The number of rotatable bonds is 2. The number of hydrogen-bond donors (Lipinski definition) is 2. The van der Waals surface area contributed by atoms with E-state index in [-0.39, 0.29) is 0 Å². The molecule has 6 heteroatoms. The fraction of sp³-hybridized carbons (Fsp3) is 0.818. The van der Waals surface area contributed by atoms with Crippen LogP contribution in [0.25, 0.3) is 0 Å². The highest BCUT2D eigenvalue weighted by Gasteiger charge is 2.42. The van der Waals surface area contributed by atoms with E-state index >= 15 is 0 Å². The molecule has 1 aromatic rings. The Morgan fingerprint density at radius 1 is 1.41 bits per heavy atom. The van der Waals surface area contributed by atoms with Crippen molar-refractivity contribution >= 4 is 0 Å². The van der Waals surface area contributed by atoms with E-state index in [2.05, 4.69) is 15.5 Å². The second-order valence-corrected chi connectivity index (χ2v) is 5.06. The second kappa shape index (κ2) is 3.76. The summed E-state index contributed by atoms with van der Waals surface area (Å²) in [4.78, 5) is 4.32. The third kappa shape index (κ3) is 1.76. The summed E-state index contributed by atoms with van der Waals surface area (Å²) in [6.07, 6.45) is 2.50. The standard InChI is InChI=1S/C11H17N3O3/c1-10(3-2-6-16-10)8-13-9(17-14-8)11(15)4-5-12-7-11/h12,15H,2-7H2,1H3. The van der Waals surface area contributed by atoms with Crippen molar-refractivity contribution < 1.29 is 14.4 Å². The minimum Gasteiger partial charge on any atom is -0.379 e. The van der Waals surface area contributed by atoms with Crippen molar-refractivity contribution in [1.82, 2.24) is 15.5 Å². The molecule has 94 valence electrons. The Hall–Kier alpha value is -0.980. The first-order valence-electron chi connectivity index (χ1n) is 6.04. The van der Waals surface area contributed by atoms with Crippen molar-refractivity contribution in [3.05, 3.63) is 11.7 Å². The summed E-state index contributed by atoms with van der Waals surface area (Å²) in [7, 11) is 0. The number of aliphatic hydroxyl groups is 1. The molecule has 2 saturated heterocycles. The Morgan fingerprint density at radius 3 is 2.94 bits per heavy atom. The molecule has 0 saturated carbocycles. The van der Waals surface area contributed by atoms with Crippen molar-refractivity contribution in [2.75, 3.05) is 19.7 Å². The first kappa shape index (κ1) is 11.1. The quantitative estimate of drug-likeness (QED) is 0.771. The summed E-state index contributed by atoms with van der Waals surface area (Å²) in [5, 5.41) is 17.4. The van der Waals surface area contributed by atoms with E-state index in [1.165, 1.54) is 0 Å². The van der Waals surface area contributed by atoms with Crippen molar-refractivity contribution in [1.29, 1.82) is 0 Å². The molecule has 0 aliphatic carbocycles. The SMILES string of the molecule is CC1(c2noc(C3(O)CCNC3)n2)CCCO1. The van der Waals surface area contributed by atoms with Gasteiger partial charge in [-0.05, 0) is 32.7 Å². The van der Waals surface area contributed by atoms with Gasteiger partial charge < -0.3 is 19.7 Å². The molecule has 6 nitrogen and oxygen atoms in total. The van der Waals surface area contributed by atoms with Gasteiger partial charge >= 0.3 is 0 Å². The smallest absolute Gasteiger partial charge is 0.260 e. The topological polar surface area (TPSA) is 80.4 Å². The molecule has 0 spiro atoms. The molecule has 2 aliphatic heterocycles. The van der Waals surface area contributed by atoms with Crippen LogP contribution in [0.3, 0.4) is 0 Å². The average Bonchev–Trinajstić information content (AvgIpc) is 2.97. The van der Waals surface area contributed by atoms with Crippen LogP contribution < -0.4 is 5.32 Å². The van der Waals surface area contributed by atoms with Gasteiger partial charge in [0, 0.05) is 13.2 Å². The molecule has 3 heterocycles. The van der Waals surface area contributed by atoms with Crippen LogP contribution in [0, 0.1) is 0 Å². The van der Waals surface area contributed by atoms with Crippen LogP contribution in [-0.2, 0) is 15.9 Å². The molecule has 3 rings (SSSR count). The fourth-order valence-electron chi connectivity index (χ4n) is 2.44. The molecule has 0 aromatic carbocycles. The molecule has 2 atom stereocenters. The van der Waals surface area contributed by atoms with Gasteiger partial charge in [0.2, 0.25) is 5.82 Å². The maximum atomic E-state index is 10.3. The molecule has 0 amide bonds. The number of hydrogen-bond acceptors (Lipinski definition) is 6.